The van der Waals surface area contributed by atoms with Gasteiger partial charge in [-0.25, -0.2) is 9.78 Å². The molecule has 6 nitrogen and oxygen atoms in total. The summed E-state index contributed by atoms with van der Waals surface area (Å²) < 4.78 is 15.7. The maximum Gasteiger partial charge on any atom is 0.331 e. The number of hydrogen-bond acceptors (Lipinski definition) is 7. The molecule has 1 heterocycles. The van der Waals surface area contributed by atoms with Crippen molar-refractivity contribution in [2.45, 2.75) is 6.61 Å². The fourth-order valence-electron chi connectivity index (χ4n) is 2.39. The molecule has 0 aliphatic carbocycles. The third-order valence-corrected chi connectivity index (χ3v) is 4.57. The molecular weight excluding hydrogens is 376 g/mol. The predicted octanol–water partition coefficient (Wildman–Crippen LogP) is 4.66. The van der Waals surface area contributed by atoms with Crippen LogP contribution in [0.5, 0.6) is 11.5 Å². The Balaban J connectivity index is 1.52. The van der Waals surface area contributed by atoms with Crippen LogP contribution in [0.25, 0.3) is 6.08 Å². The highest BCUT2D eigenvalue weighted by molar-refractivity contribution is 7.13. The Morgan fingerprint density at radius 1 is 1.11 bits per heavy atom. The van der Waals surface area contributed by atoms with Gasteiger partial charge in [-0.15, -0.1) is 11.3 Å². The molecule has 0 atom stereocenters. The standard InChI is InChI=1S/C21H20N2O4S/c1-25-18-10-8-15(12-19(18)26-2)9-11-20(24)27-13-17-14-28-21(23-17)22-16-6-4-3-5-7-16/h3-12,14H,13H2,1-2H3,(H,22,23)/b11-9+. The molecule has 0 saturated heterocycles. The van der Waals surface area contributed by atoms with Crippen molar-refractivity contribution in [2.24, 2.45) is 0 Å². The highest BCUT2D eigenvalue weighted by Gasteiger charge is 2.06. The first-order valence-corrected chi connectivity index (χ1v) is 9.39. The van der Waals surface area contributed by atoms with Crippen LogP contribution in [0.1, 0.15) is 11.3 Å². The van der Waals surface area contributed by atoms with E-state index in [1.54, 1.807) is 32.4 Å². The Bertz CT molecular complexity index is 954. The second-order valence-electron chi connectivity index (χ2n) is 5.69. The van der Waals surface area contributed by atoms with Crippen molar-refractivity contribution >= 4 is 34.2 Å². The molecule has 0 spiro atoms. The number of aromatic nitrogens is 1. The van der Waals surface area contributed by atoms with Crippen molar-refractivity contribution in [3.05, 3.63) is 71.2 Å². The van der Waals surface area contributed by atoms with Gasteiger partial charge >= 0.3 is 5.97 Å². The van der Waals surface area contributed by atoms with Crippen LogP contribution >= 0.6 is 11.3 Å². The topological polar surface area (TPSA) is 69.7 Å². The van der Waals surface area contributed by atoms with Crippen molar-refractivity contribution in [2.75, 3.05) is 19.5 Å². The Kier molecular flexibility index (Phi) is 6.64. The number of nitrogens with one attached hydrogen (secondary N) is 1. The number of carbonyl (C=O) groups is 1. The predicted molar refractivity (Wildman–Crippen MR) is 110 cm³/mol. The summed E-state index contributed by atoms with van der Waals surface area (Å²) in [5.41, 5.74) is 2.45. The van der Waals surface area contributed by atoms with Crippen molar-refractivity contribution in [3.8, 4) is 11.5 Å². The quantitative estimate of drug-likeness (QED) is 0.441. The SMILES string of the molecule is COc1ccc(/C=C/C(=O)OCc2csc(Nc3ccccc3)n2)cc1OC. The number of para-hydroxylation sites is 1. The van der Waals surface area contributed by atoms with Crippen molar-refractivity contribution in [1.82, 2.24) is 4.98 Å². The van der Waals surface area contributed by atoms with Crippen molar-refractivity contribution in [1.29, 1.82) is 0 Å². The van der Waals surface area contributed by atoms with Crippen LogP contribution < -0.4 is 14.8 Å². The first-order valence-electron chi connectivity index (χ1n) is 8.51. The molecule has 0 radical (unpaired) electrons. The van der Waals surface area contributed by atoms with Crippen LogP contribution in [0.15, 0.2) is 60.0 Å². The molecule has 144 valence electrons. The number of thiazole rings is 1. The van der Waals surface area contributed by atoms with Gasteiger partial charge in [0.15, 0.2) is 16.6 Å². The van der Waals surface area contributed by atoms with E-state index in [0.29, 0.717) is 17.2 Å². The molecule has 0 amide bonds. The average molecular weight is 396 g/mol. The number of methoxy groups -OCH3 is 2. The van der Waals surface area contributed by atoms with Crippen LogP contribution in [0.4, 0.5) is 10.8 Å². The lowest BCUT2D eigenvalue weighted by Crippen LogP contribution is -2.01. The van der Waals surface area contributed by atoms with Crippen LogP contribution in [0, 0.1) is 0 Å². The molecule has 2 aromatic carbocycles. The van der Waals surface area contributed by atoms with E-state index in [-0.39, 0.29) is 6.61 Å². The Morgan fingerprint density at radius 3 is 2.64 bits per heavy atom. The van der Waals surface area contributed by atoms with Crippen LogP contribution in [-0.2, 0) is 16.1 Å². The summed E-state index contributed by atoms with van der Waals surface area (Å²) in [5, 5.41) is 5.82. The Labute approximate surface area is 167 Å². The van der Waals surface area contributed by atoms with Gasteiger partial charge in [-0.05, 0) is 35.9 Å². The van der Waals surface area contributed by atoms with Crippen molar-refractivity contribution in [3.63, 3.8) is 0 Å². The first-order chi connectivity index (χ1) is 13.7. The molecule has 7 heteroatoms. The highest BCUT2D eigenvalue weighted by Crippen LogP contribution is 2.28. The normalized spacial score (nSPS) is 10.6. The molecule has 0 saturated carbocycles. The van der Waals surface area contributed by atoms with E-state index in [1.807, 2.05) is 41.8 Å². The van der Waals surface area contributed by atoms with Gasteiger partial charge in [0.25, 0.3) is 0 Å². The van der Waals surface area contributed by atoms with Gasteiger partial charge in [0.1, 0.15) is 6.61 Å². The fraction of sp³-hybridized carbons (Fsp3) is 0.143. The van der Waals surface area contributed by atoms with Crippen LogP contribution in [0.3, 0.4) is 0 Å². The van der Waals surface area contributed by atoms with Crippen molar-refractivity contribution < 1.29 is 19.0 Å². The van der Waals surface area contributed by atoms with E-state index in [2.05, 4.69) is 10.3 Å². The fourth-order valence-corrected chi connectivity index (χ4v) is 3.10. The van der Waals surface area contributed by atoms with Crippen LogP contribution in [0.2, 0.25) is 0 Å². The number of nitrogens with zero attached hydrogens (tertiary/aromatic N) is 1. The Morgan fingerprint density at radius 2 is 1.89 bits per heavy atom. The molecule has 3 rings (SSSR count). The molecule has 0 aliphatic rings. The number of ether oxygens (including phenoxy) is 3. The minimum absolute atomic E-state index is 0.113. The molecule has 0 aliphatic heterocycles. The molecule has 28 heavy (non-hydrogen) atoms. The number of rotatable bonds is 8. The molecular formula is C21H20N2O4S. The van der Waals surface area contributed by atoms with Gasteiger partial charge in [0.2, 0.25) is 0 Å². The van der Waals surface area contributed by atoms with E-state index in [1.165, 1.54) is 17.4 Å². The number of anilines is 2. The lowest BCUT2D eigenvalue weighted by atomic mass is 10.2. The lowest BCUT2D eigenvalue weighted by Gasteiger charge is -2.07. The zero-order valence-electron chi connectivity index (χ0n) is 15.5. The van der Waals surface area contributed by atoms with Gasteiger partial charge in [0.05, 0.1) is 19.9 Å². The summed E-state index contributed by atoms with van der Waals surface area (Å²) in [4.78, 5) is 16.4. The number of carbonyl (C=O) groups excluding carboxylic acids is 1. The molecule has 0 bridgehead atoms. The minimum Gasteiger partial charge on any atom is -0.493 e. The summed E-state index contributed by atoms with van der Waals surface area (Å²) in [6.45, 7) is 0.113. The third kappa shape index (κ3) is 5.34. The second kappa shape index (κ2) is 9.57. The van der Waals surface area contributed by atoms with Gasteiger partial charge in [-0.2, -0.15) is 0 Å². The molecule has 1 aromatic heterocycles. The summed E-state index contributed by atoms with van der Waals surface area (Å²) in [5.74, 6) is 0.782. The number of esters is 1. The van der Waals surface area contributed by atoms with Gasteiger partial charge < -0.3 is 19.5 Å². The molecule has 0 fully saturated rings. The molecule has 3 aromatic rings. The third-order valence-electron chi connectivity index (χ3n) is 3.76. The van der Waals surface area contributed by atoms with Gasteiger partial charge in [-0.3, -0.25) is 0 Å². The average Bonchev–Trinajstić information content (AvgIpc) is 3.18. The summed E-state index contributed by atoms with van der Waals surface area (Å²) in [7, 11) is 3.14. The van der Waals surface area contributed by atoms with E-state index in [4.69, 9.17) is 14.2 Å². The molecule has 1 N–H and O–H groups in total. The zero-order valence-corrected chi connectivity index (χ0v) is 16.4. The maximum atomic E-state index is 12.0. The minimum atomic E-state index is -0.444. The largest absolute Gasteiger partial charge is 0.493 e. The maximum absolute atomic E-state index is 12.0. The van der Waals surface area contributed by atoms with E-state index in [9.17, 15) is 4.79 Å². The summed E-state index contributed by atoms with van der Waals surface area (Å²) in [6, 6.07) is 15.2. The highest BCUT2D eigenvalue weighted by atomic mass is 32.1. The summed E-state index contributed by atoms with van der Waals surface area (Å²) in [6.07, 6.45) is 3.03. The zero-order chi connectivity index (χ0) is 19.8. The number of hydrogen-bond donors (Lipinski definition) is 1. The van der Waals surface area contributed by atoms with E-state index < -0.39 is 5.97 Å². The van der Waals surface area contributed by atoms with Gasteiger partial charge in [-0.1, -0.05) is 24.3 Å². The Hall–Kier alpha value is -3.32. The molecule has 0 unspecified atom stereocenters. The second-order valence-corrected chi connectivity index (χ2v) is 6.55. The lowest BCUT2D eigenvalue weighted by molar-refractivity contribution is -0.139. The van der Waals surface area contributed by atoms with E-state index in [0.717, 1.165) is 16.4 Å². The number of benzene rings is 2. The smallest absolute Gasteiger partial charge is 0.331 e. The monoisotopic (exact) mass is 396 g/mol. The van der Waals surface area contributed by atoms with Crippen LogP contribution in [-0.4, -0.2) is 25.2 Å². The van der Waals surface area contributed by atoms with E-state index >= 15 is 0 Å². The van der Waals surface area contributed by atoms with Gasteiger partial charge in [0, 0.05) is 17.1 Å². The first kappa shape index (κ1) is 19.4. The summed E-state index contributed by atoms with van der Waals surface area (Å²) >= 11 is 1.46.